The molecular weight excluding hydrogens is 284 g/mol. The molecular formula is C17H17ClN2O. The summed E-state index contributed by atoms with van der Waals surface area (Å²) in [6.07, 6.45) is 1.00. The van der Waals surface area contributed by atoms with E-state index >= 15 is 0 Å². The largest absolute Gasteiger partial charge is 0.489 e. The molecule has 3 rings (SSSR count). The van der Waals surface area contributed by atoms with Gasteiger partial charge in [-0.15, -0.1) is 12.4 Å². The first kappa shape index (κ1) is 15.4. The van der Waals surface area contributed by atoms with Gasteiger partial charge in [0.2, 0.25) is 0 Å². The van der Waals surface area contributed by atoms with Crippen molar-refractivity contribution in [3.63, 3.8) is 0 Å². The molecule has 0 bridgehead atoms. The van der Waals surface area contributed by atoms with E-state index < -0.39 is 0 Å². The van der Waals surface area contributed by atoms with Crippen LogP contribution in [0.5, 0.6) is 5.75 Å². The van der Waals surface area contributed by atoms with Crippen LogP contribution in [-0.2, 0) is 19.6 Å². The highest BCUT2D eigenvalue weighted by Gasteiger charge is 2.13. The molecule has 21 heavy (non-hydrogen) atoms. The van der Waals surface area contributed by atoms with Crippen LogP contribution in [-0.4, -0.2) is 6.54 Å². The zero-order valence-electron chi connectivity index (χ0n) is 11.6. The van der Waals surface area contributed by atoms with Gasteiger partial charge in [0, 0.05) is 6.54 Å². The molecule has 0 aliphatic carbocycles. The minimum absolute atomic E-state index is 0. The average molecular weight is 301 g/mol. The molecule has 1 aliphatic rings. The van der Waals surface area contributed by atoms with Crippen LogP contribution in [0.3, 0.4) is 0 Å². The number of hydrogen-bond acceptors (Lipinski definition) is 3. The number of nitrogens with one attached hydrogen (secondary N) is 1. The average Bonchev–Trinajstić information content (AvgIpc) is 2.53. The predicted molar refractivity (Wildman–Crippen MR) is 84.6 cm³/mol. The van der Waals surface area contributed by atoms with E-state index in [-0.39, 0.29) is 12.4 Å². The second kappa shape index (κ2) is 7.12. The Labute approximate surface area is 131 Å². The maximum Gasteiger partial charge on any atom is 0.123 e. The van der Waals surface area contributed by atoms with E-state index in [1.54, 1.807) is 6.07 Å². The number of benzene rings is 2. The van der Waals surface area contributed by atoms with Crippen molar-refractivity contribution in [1.29, 1.82) is 5.26 Å². The smallest absolute Gasteiger partial charge is 0.123 e. The third-order valence-corrected chi connectivity index (χ3v) is 3.55. The fourth-order valence-electron chi connectivity index (χ4n) is 2.52. The van der Waals surface area contributed by atoms with Crippen molar-refractivity contribution in [2.24, 2.45) is 0 Å². The molecule has 4 heteroatoms. The summed E-state index contributed by atoms with van der Waals surface area (Å²) >= 11 is 0. The van der Waals surface area contributed by atoms with Gasteiger partial charge in [0.25, 0.3) is 0 Å². The Kier molecular flexibility index (Phi) is 5.21. The summed E-state index contributed by atoms with van der Waals surface area (Å²) < 4.78 is 5.95. The fraction of sp³-hybridized carbons (Fsp3) is 0.235. The minimum Gasteiger partial charge on any atom is -0.489 e. The number of rotatable bonds is 3. The molecule has 0 aromatic heterocycles. The minimum atomic E-state index is 0. The highest BCUT2D eigenvalue weighted by molar-refractivity contribution is 5.85. The summed E-state index contributed by atoms with van der Waals surface area (Å²) in [6.45, 7) is 2.41. The van der Waals surface area contributed by atoms with Crippen molar-refractivity contribution in [2.75, 3.05) is 6.54 Å². The van der Waals surface area contributed by atoms with Crippen LogP contribution in [0.2, 0.25) is 0 Å². The van der Waals surface area contributed by atoms with E-state index in [1.165, 1.54) is 11.1 Å². The van der Waals surface area contributed by atoms with Gasteiger partial charge in [-0.2, -0.15) is 5.26 Å². The molecule has 2 aromatic carbocycles. The van der Waals surface area contributed by atoms with Crippen LogP contribution >= 0.6 is 12.4 Å². The van der Waals surface area contributed by atoms with E-state index in [9.17, 15) is 0 Å². The summed E-state index contributed by atoms with van der Waals surface area (Å²) in [4.78, 5) is 0. The molecule has 1 heterocycles. The monoisotopic (exact) mass is 300 g/mol. The van der Waals surface area contributed by atoms with E-state index in [0.717, 1.165) is 30.8 Å². The second-order valence-corrected chi connectivity index (χ2v) is 4.92. The van der Waals surface area contributed by atoms with Gasteiger partial charge < -0.3 is 10.1 Å². The van der Waals surface area contributed by atoms with Crippen LogP contribution < -0.4 is 10.1 Å². The van der Waals surface area contributed by atoms with Gasteiger partial charge in [-0.05, 0) is 47.9 Å². The lowest BCUT2D eigenvalue weighted by Gasteiger charge is -2.20. The van der Waals surface area contributed by atoms with Gasteiger partial charge in [-0.3, -0.25) is 0 Å². The predicted octanol–water partition coefficient (Wildman–Crippen LogP) is 3.20. The maximum atomic E-state index is 8.91. The van der Waals surface area contributed by atoms with Crippen LogP contribution in [0.25, 0.3) is 0 Å². The van der Waals surface area contributed by atoms with Crippen molar-refractivity contribution in [3.8, 4) is 11.8 Å². The Balaban J connectivity index is 0.00000161. The lowest BCUT2D eigenvalue weighted by Crippen LogP contribution is -2.24. The zero-order valence-corrected chi connectivity index (χ0v) is 12.5. The van der Waals surface area contributed by atoms with Crippen molar-refractivity contribution >= 4 is 12.4 Å². The Bertz CT molecular complexity index is 664. The Morgan fingerprint density at radius 2 is 2.05 bits per heavy atom. The van der Waals surface area contributed by atoms with Gasteiger partial charge in [0.1, 0.15) is 12.4 Å². The van der Waals surface area contributed by atoms with Crippen LogP contribution in [0.4, 0.5) is 0 Å². The normalized spacial score (nSPS) is 12.7. The van der Waals surface area contributed by atoms with Gasteiger partial charge in [0.15, 0.2) is 0 Å². The molecule has 0 saturated heterocycles. The molecule has 1 aliphatic heterocycles. The first-order valence-electron chi connectivity index (χ1n) is 6.80. The van der Waals surface area contributed by atoms with Crippen LogP contribution in [0.15, 0.2) is 42.5 Å². The molecule has 0 radical (unpaired) electrons. The standard InChI is InChI=1S/C17H16N2O.ClH/c18-10-13-3-1-4-14(9-13)12-20-17-6-2-5-15-11-19-8-7-16(15)17;/h1-6,9,19H,7-8,11-12H2;1H. The van der Waals surface area contributed by atoms with Gasteiger partial charge >= 0.3 is 0 Å². The Hall–Kier alpha value is -2.02. The summed E-state index contributed by atoms with van der Waals surface area (Å²) in [7, 11) is 0. The number of fused-ring (bicyclic) bond motifs is 1. The molecule has 108 valence electrons. The molecule has 0 atom stereocenters. The van der Waals surface area contributed by atoms with E-state index in [0.29, 0.717) is 12.2 Å². The third kappa shape index (κ3) is 3.55. The highest BCUT2D eigenvalue weighted by Crippen LogP contribution is 2.26. The lowest BCUT2D eigenvalue weighted by atomic mass is 10.0. The van der Waals surface area contributed by atoms with Crippen LogP contribution in [0.1, 0.15) is 22.3 Å². The quantitative estimate of drug-likeness (QED) is 0.947. The molecule has 0 amide bonds. The number of halogens is 1. The Morgan fingerprint density at radius 3 is 2.90 bits per heavy atom. The summed E-state index contributed by atoms with van der Waals surface area (Å²) in [5.41, 5.74) is 4.32. The van der Waals surface area contributed by atoms with E-state index in [4.69, 9.17) is 10.00 Å². The summed E-state index contributed by atoms with van der Waals surface area (Å²) in [5.74, 6) is 0.964. The summed E-state index contributed by atoms with van der Waals surface area (Å²) in [6, 6.07) is 15.9. The second-order valence-electron chi connectivity index (χ2n) is 4.92. The molecule has 0 spiro atoms. The van der Waals surface area contributed by atoms with Gasteiger partial charge in [-0.1, -0.05) is 24.3 Å². The SMILES string of the molecule is Cl.N#Cc1cccc(COc2cccc3c2CCNC3)c1. The highest BCUT2D eigenvalue weighted by atomic mass is 35.5. The molecule has 0 unspecified atom stereocenters. The van der Waals surface area contributed by atoms with E-state index in [1.807, 2.05) is 30.3 Å². The first-order chi connectivity index (χ1) is 9.86. The topological polar surface area (TPSA) is 45.0 Å². The van der Waals surface area contributed by atoms with Crippen molar-refractivity contribution < 1.29 is 4.74 Å². The van der Waals surface area contributed by atoms with E-state index in [2.05, 4.69) is 17.5 Å². The molecule has 2 aromatic rings. The Morgan fingerprint density at radius 1 is 1.19 bits per heavy atom. The number of hydrogen-bond donors (Lipinski definition) is 1. The number of nitriles is 1. The summed E-state index contributed by atoms with van der Waals surface area (Å²) in [5, 5.41) is 12.3. The first-order valence-corrected chi connectivity index (χ1v) is 6.80. The molecule has 3 nitrogen and oxygen atoms in total. The zero-order chi connectivity index (χ0) is 13.8. The number of ether oxygens (including phenoxy) is 1. The third-order valence-electron chi connectivity index (χ3n) is 3.55. The van der Waals surface area contributed by atoms with Gasteiger partial charge in [-0.25, -0.2) is 0 Å². The fourth-order valence-corrected chi connectivity index (χ4v) is 2.52. The van der Waals surface area contributed by atoms with Gasteiger partial charge in [0.05, 0.1) is 11.6 Å². The van der Waals surface area contributed by atoms with Crippen molar-refractivity contribution in [1.82, 2.24) is 5.32 Å². The molecule has 0 saturated carbocycles. The number of nitrogens with zero attached hydrogens (tertiary/aromatic N) is 1. The van der Waals surface area contributed by atoms with Crippen molar-refractivity contribution in [3.05, 3.63) is 64.7 Å². The molecule has 0 fully saturated rings. The van der Waals surface area contributed by atoms with Crippen molar-refractivity contribution in [2.45, 2.75) is 19.6 Å². The molecule has 1 N–H and O–H groups in total. The van der Waals surface area contributed by atoms with Crippen LogP contribution in [0, 0.1) is 11.3 Å². The lowest BCUT2D eigenvalue weighted by molar-refractivity contribution is 0.301. The maximum absolute atomic E-state index is 8.91.